The number of nitrogens with zero attached hydrogens (tertiary/aromatic N) is 2. The fourth-order valence-corrected chi connectivity index (χ4v) is 4.31. The van der Waals surface area contributed by atoms with Crippen molar-refractivity contribution in [3.63, 3.8) is 0 Å². The summed E-state index contributed by atoms with van der Waals surface area (Å²) < 4.78 is 25.6. The van der Waals surface area contributed by atoms with Crippen molar-refractivity contribution in [1.29, 1.82) is 0 Å². The Balaban J connectivity index is 0.00000288. The van der Waals surface area contributed by atoms with E-state index in [9.17, 15) is 23.5 Å². The Morgan fingerprint density at radius 3 is 2.29 bits per heavy atom. The molecule has 0 N–H and O–H groups in total. The molecule has 0 spiro atoms. The van der Waals surface area contributed by atoms with Gasteiger partial charge in [0, 0.05) is 11.9 Å². The molecule has 0 saturated carbocycles. The molecule has 1 saturated heterocycles. The van der Waals surface area contributed by atoms with Gasteiger partial charge < -0.3 is 19.8 Å². The molecule has 7 nitrogen and oxygen atoms in total. The molecule has 9 heteroatoms. The first kappa shape index (κ1) is 21.6. The summed E-state index contributed by atoms with van der Waals surface area (Å²) >= 11 is 0. The molecule has 0 aliphatic carbocycles. The molecule has 1 heterocycles. The van der Waals surface area contributed by atoms with Crippen molar-refractivity contribution in [3.8, 4) is 0 Å². The predicted molar refractivity (Wildman–Crippen MR) is 83.3 cm³/mol. The van der Waals surface area contributed by atoms with Gasteiger partial charge in [-0.25, -0.2) is 8.42 Å². The second-order valence-corrected chi connectivity index (χ2v) is 8.14. The zero-order chi connectivity index (χ0) is 17.1. The van der Waals surface area contributed by atoms with E-state index >= 15 is 0 Å². The minimum atomic E-state index is -3.73. The molecule has 1 aromatic carbocycles. The summed E-state index contributed by atoms with van der Waals surface area (Å²) in [5, 5.41) is 23.1. The van der Waals surface area contributed by atoms with Crippen LogP contribution in [0.3, 0.4) is 0 Å². The van der Waals surface area contributed by atoms with E-state index in [4.69, 9.17) is 0 Å². The smallest absolute Gasteiger partial charge is 0.633 e. The van der Waals surface area contributed by atoms with E-state index in [1.54, 1.807) is 30.3 Å². The van der Waals surface area contributed by atoms with E-state index in [0.29, 0.717) is 0 Å². The van der Waals surface area contributed by atoms with Crippen LogP contribution >= 0.6 is 0 Å². The quantitative estimate of drug-likeness (QED) is 0.293. The first-order valence-electron chi connectivity index (χ1n) is 7.48. The molecule has 0 unspecified atom stereocenters. The van der Waals surface area contributed by atoms with Gasteiger partial charge in [-0.3, -0.25) is 0 Å². The Morgan fingerprint density at radius 1 is 1.25 bits per heavy atom. The topological polar surface area (TPSA) is 101 Å². The SMILES string of the molecule is C[N+]1([O-])CCN(S(=O)(=O)C[C@@H](Cc2ccccc2)C(=O)[O-])CC1.[Na+]. The van der Waals surface area contributed by atoms with E-state index in [1.165, 1.54) is 11.4 Å². The molecule has 1 fully saturated rings. The third-order valence-corrected chi connectivity index (χ3v) is 6.08. The van der Waals surface area contributed by atoms with Gasteiger partial charge in [0.05, 0.1) is 39.0 Å². The number of carboxylic acid groups (broad SMARTS) is 1. The summed E-state index contributed by atoms with van der Waals surface area (Å²) in [6, 6.07) is 8.86. The summed E-state index contributed by atoms with van der Waals surface area (Å²) in [5.74, 6) is -3.00. The van der Waals surface area contributed by atoms with Gasteiger partial charge in [-0.2, -0.15) is 4.31 Å². The molecule has 1 aliphatic heterocycles. The zero-order valence-electron chi connectivity index (χ0n) is 14.1. The standard InChI is InChI=1S/C15H22N2O5S.Na/c1-17(20)9-7-16(8-10-17)23(21,22)12-14(15(18)19)11-13-5-3-2-4-6-13;/h2-6,14H,7-12H2,1H3,(H,18,19);/q;+1/p-1/t14-;/m1./s1. The van der Waals surface area contributed by atoms with Crippen molar-refractivity contribution < 1.29 is 52.5 Å². The Bertz CT molecular complexity index is 641. The van der Waals surface area contributed by atoms with Gasteiger partial charge >= 0.3 is 29.6 Å². The number of hydrogen-bond donors (Lipinski definition) is 0. The summed E-state index contributed by atoms with van der Waals surface area (Å²) in [6.45, 7) is 0.586. The Morgan fingerprint density at radius 2 is 1.79 bits per heavy atom. The molecular weight excluding hydrogens is 343 g/mol. The van der Waals surface area contributed by atoms with Crippen LogP contribution in [0.4, 0.5) is 0 Å². The number of rotatable bonds is 6. The molecule has 24 heavy (non-hydrogen) atoms. The molecule has 2 rings (SSSR count). The van der Waals surface area contributed by atoms with Crippen LogP contribution in [-0.4, -0.2) is 62.3 Å². The number of hydrogen-bond acceptors (Lipinski definition) is 5. The van der Waals surface area contributed by atoms with Crippen molar-refractivity contribution >= 4 is 16.0 Å². The monoisotopic (exact) mass is 364 g/mol. The van der Waals surface area contributed by atoms with E-state index in [1.807, 2.05) is 0 Å². The van der Waals surface area contributed by atoms with Crippen molar-refractivity contribution in [2.45, 2.75) is 6.42 Å². The summed E-state index contributed by atoms with van der Waals surface area (Å²) in [7, 11) is -2.23. The second-order valence-electron chi connectivity index (χ2n) is 6.13. The number of quaternary nitrogens is 1. The largest absolute Gasteiger partial charge is 1.00 e. The van der Waals surface area contributed by atoms with Gasteiger partial charge in [0.15, 0.2) is 0 Å². The third kappa shape index (κ3) is 6.11. The van der Waals surface area contributed by atoms with E-state index in [0.717, 1.165) is 5.56 Å². The third-order valence-electron chi connectivity index (χ3n) is 4.11. The summed E-state index contributed by atoms with van der Waals surface area (Å²) in [5.41, 5.74) is 0.749. The van der Waals surface area contributed by atoms with Crippen molar-refractivity contribution in [2.24, 2.45) is 5.92 Å². The van der Waals surface area contributed by atoms with Gasteiger partial charge in [0.25, 0.3) is 0 Å². The Labute approximate surface area is 164 Å². The van der Waals surface area contributed by atoms with Gasteiger partial charge in [0.1, 0.15) is 0 Å². The number of likely N-dealkylation sites (N-methyl/N-ethyl adjacent to an activating group) is 1. The predicted octanol–water partition coefficient (Wildman–Crippen LogP) is -3.81. The number of aliphatic carboxylic acids is 1. The maximum absolute atomic E-state index is 12.4. The molecule has 0 radical (unpaired) electrons. The van der Waals surface area contributed by atoms with E-state index in [2.05, 4.69) is 0 Å². The number of carbonyl (C=O) groups is 1. The van der Waals surface area contributed by atoms with Crippen LogP contribution in [0.1, 0.15) is 5.56 Å². The molecule has 0 aromatic heterocycles. The molecule has 1 aliphatic rings. The fourth-order valence-electron chi connectivity index (χ4n) is 2.62. The van der Waals surface area contributed by atoms with Crippen LogP contribution in [0.5, 0.6) is 0 Å². The Hall–Kier alpha value is -0.480. The van der Waals surface area contributed by atoms with Gasteiger partial charge in [-0.15, -0.1) is 0 Å². The van der Waals surface area contributed by atoms with Crippen molar-refractivity contribution in [1.82, 2.24) is 4.31 Å². The normalized spacial score (nSPS) is 19.2. The maximum atomic E-state index is 12.4. The summed E-state index contributed by atoms with van der Waals surface area (Å²) in [6.07, 6.45) is 0.103. The number of sulfonamides is 1. The van der Waals surface area contributed by atoms with Gasteiger partial charge in [0.2, 0.25) is 10.0 Å². The zero-order valence-corrected chi connectivity index (χ0v) is 16.9. The molecule has 1 atom stereocenters. The minimum absolute atomic E-state index is 0. The average Bonchev–Trinajstić information content (AvgIpc) is 2.47. The number of benzene rings is 1. The number of carboxylic acids is 1. The average molecular weight is 364 g/mol. The summed E-state index contributed by atoms with van der Waals surface area (Å²) in [4.78, 5) is 11.3. The number of carbonyl (C=O) groups excluding carboxylic acids is 1. The van der Waals surface area contributed by atoms with Crippen LogP contribution in [-0.2, 0) is 21.2 Å². The van der Waals surface area contributed by atoms with Crippen molar-refractivity contribution in [2.75, 3.05) is 39.0 Å². The van der Waals surface area contributed by atoms with Gasteiger partial charge in [-0.05, 0) is 12.0 Å². The minimum Gasteiger partial charge on any atom is -0.633 e. The number of hydroxylamine groups is 3. The Kier molecular flexibility index (Phi) is 7.86. The van der Waals surface area contributed by atoms with Crippen LogP contribution in [0.15, 0.2) is 30.3 Å². The molecule has 128 valence electrons. The molecule has 1 aromatic rings. The van der Waals surface area contributed by atoms with Gasteiger partial charge in [-0.1, -0.05) is 30.3 Å². The van der Waals surface area contributed by atoms with Crippen LogP contribution < -0.4 is 34.7 Å². The van der Waals surface area contributed by atoms with E-state index in [-0.39, 0.29) is 62.2 Å². The molecule has 0 amide bonds. The maximum Gasteiger partial charge on any atom is 1.00 e. The molecular formula is C15H21N2NaO5S. The second kappa shape index (κ2) is 8.75. The van der Waals surface area contributed by atoms with Crippen LogP contribution in [0.2, 0.25) is 0 Å². The first-order valence-corrected chi connectivity index (χ1v) is 9.09. The number of piperazine rings is 1. The van der Waals surface area contributed by atoms with Crippen LogP contribution in [0.25, 0.3) is 0 Å². The van der Waals surface area contributed by atoms with Crippen molar-refractivity contribution in [3.05, 3.63) is 41.1 Å². The fraction of sp³-hybridized carbons (Fsp3) is 0.533. The molecule has 0 bridgehead atoms. The van der Waals surface area contributed by atoms with Crippen LogP contribution in [0, 0.1) is 11.1 Å². The first-order chi connectivity index (χ1) is 10.7. The van der Waals surface area contributed by atoms with E-state index < -0.39 is 32.3 Å².